The van der Waals surface area contributed by atoms with Gasteiger partial charge in [-0.3, -0.25) is 4.79 Å². The van der Waals surface area contributed by atoms with Crippen LogP contribution >= 0.6 is 23.5 Å². The van der Waals surface area contributed by atoms with Crippen molar-refractivity contribution in [1.82, 2.24) is 0 Å². The Balaban J connectivity index is 3.04. The van der Waals surface area contributed by atoms with E-state index in [0.717, 1.165) is 0 Å². The predicted molar refractivity (Wildman–Crippen MR) is 50.7 cm³/mol. The predicted octanol–water partition coefficient (Wildman–Crippen LogP) is 2.54. The van der Waals surface area contributed by atoms with Gasteiger partial charge in [0.2, 0.25) is 5.75 Å². The normalized spacial score (nSPS) is 9.64. The molecule has 0 saturated heterocycles. The fourth-order valence-electron chi connectivity index (χ4n) is 0.893. The lowest BCUT2D eigenvalue weighted by molar-refractivity contribution is -0.0935. The molecule has 1 aromatic rings. The van der Waals surface area contributed by atoms with Gasteiger partial charge in [0.15, 0.2) is 5.75 Å². The zero-order chi connectivity index (χ0) is 10.6. The van der Waals surface area contributed by atoms with Crippen molar-refractivity contribution in [2.75, 3.05) is 7.11 Å². The highest BCUT2D eigenvalue weighted by Gasteiger charge is 2.09. The third kappa shape index (κ3) is 2.51. The van der Waals surface area contributed by atoms with Crippen LogP contribution in [-0.4, -0.2) is 12.4 Å². The van der Waals surface area contributed by atoms with E-state index in [1.54, 1.807) is 0 Å². The van der Waals surface area contributed by atoms with Crippen molar-refractivity contribution in [3.8, 4) is 11.5 Å². The van der Waals surface area contributed by atoms with E-state index >= 15 is 0 Å². The first kappa shape index (κ1) is 11.1. The Kier molecular flexibility index (Phi) is 4.00. The molecule has 0 aliphatic heterocycles. The van der Waals surface area contributed by atoms with Crippen molar-refractivity contribution >= 4 is 28.7 Å². The number of methoxy groups -OCH3 is 1. The Morgan fingerprint density at radius 3 is 2.57 bits per heavy atom. The lowest BCUT2D eigenvalue weighted by atomic mass is 10.2. The molecular formula is C8H6Cl2O4. The minimum absolute atomic E-state index is 0.254. The summed E-state index contributed by atoms with van der Waals surface area (Å²) < 4.78 is 8.86. The number of hydrogen-bond donors (Lipinski definition) is 0. The summed E-state index contributed by atoms with van der Waals surface area (Å²) >= 11 is 10.2. The monoisotopic (exact) mass is 236 g/mol. The van der Waals surface area contributed by atoms with Crippen molar-refractivity contribution in [1.29, 1.82) is 0 Å². The molecular weight excluding hydrogens is 231 g/mol. The Morgan fingerprint density at radius 2 is 2.07 bits per heavy atom. The van der Waals surface area contributed by atoms with E-state index in [9.17, 15) is 4.79 Å². The third-order valence-electron chi connectivity index (χ3n) is 1.51. The van der Waals surface area contributed by atoms with E-state index in [1.165, 1.54) is 25.3 Å². The highest BCUT2D eigenvalue weighted by Crippen LogP contribution is 2.28. The molecule has 1 aromatic carbocycles. The molecule has 0 unspecified atom stereocenters. The second kappa shape index (κ2) is 5.05. The van der Waals surface area contributed by atoms with Crippen LogP contribution < -0.4 is 9.62 Å². The molecule has 0 aliphatic rings. The number of rotatable bonds is 4. The first-order valence-corrected chi connectivity index (χ1v) is 4.21. The zero-order valence-corrected chi connectivity index (χ0v) is 8.63. The minimum atomic E-state index is -0.582. The second-order valence-corrected chi connectivity index (χ2v) is 2.75. The lowest BCUT2D eigenvalue weighted by Crippen LogP contribution is -1.95. The molecule has 0 N–H and O–H groups in total. The Morgan fingerprint density at radius 1 is 1.36 bits per heavy atom. The van der Waals surface area contributed by atoms with Crippen LogP contribution in [0.4, 0.5) is 0 Å². The van der Waals surface area contributed by atoms with E-state index < -0.39 is 5.24 Å². The molecule has 1 rings (SSSR count). The van der Waals surface area contributed by atoms with Gasteiger partial charge in [0.1, 0.15) is 11.9 Å². The van der Waals surface area contributed by atoms with Crippen LogP contribution in [-0.2, 0) is 4.44 Å². The molecule has 4 nitrogen and oxygen atoms in total. The molecule has 6 heteroatoms. The largest absolute Gasteiger partial charge is 0.493 e. The number of ether oxygens (including phenoxy) is 1. The molecule has 76 valence electrons. The molecule has 0 aliphatic carbocycles. The van der Waals surface area contributed by atoms with Gasteiger partial charge in [0, 0.05) is 5.56 Å². The van der Waals surface area contributed by atoms with Gasteiger partial charge in [-0.05, 0) is 29.8 Å². The van der Waals surface area contributed by atoms with Crippen LogP contribution in [0.5, 0.6) is 11.5 Å². The number of halogens is 2. The Bertz CT molecular complexity index is 340. The smallest absolute Gasteiger partial charge is 0.252 e. The van der Waals surface area contributed by atoms with Gasteiger partial charge >= 0.3 is 0 Å². The Labute approximate surface area is 90.4 Å². The van der Waals surface area contributed by atoms with E-state index in [4.69, 9.17) is 28.2 Å². The Hall–Kier alpha value is -0.970. The first-order chi connectivity index (χ1) is 6.69. The zero-order valence-electron chi connectivity index (χ0n) is 7.12. The van der Waals surface area contributed by atoms with Gasteiger partial charge < -0.3 is 9.62 Å². The number of benzene rings is 1. The van der Waals surface area contributed by atoms with Crippen molar-refractivity contribution in [3.05, 3.63) is 23.8 Å². The van der Waals surface area contributed by atoms with Crippen LogP contribution in [0.15, 0.2) is 18.2 Å². The van der Waals surface area contributed by atoms with E-state index in [0.29, 0.717) is 11.3 Å². The first-order valence-electron chi connectivity index (χ1n) is 3.52. The second-order valence-electron chi connectivity index (χ2n) is 2.29. The molecule has 0 spiro atoms. The number of carbonyl (C=O) groups is 1. The summed E-state index contributed by atoms with van der Waals surface area (Å²) in [5.41, 5.74) is 0.297. The van der Waals surface area contributed by atoms with Crippen LogP contribution in [0.2, 0.25) is 0 Å². The van der Waals surface area contributed by atoms with Crippen LogP contribution in [0.1, 0.15) is 10.4 Å². The molecule has 0 aromatic heterocycles. The van der Waals surface area contributed by atoms with Gasteiger partial charge in [-0.1, -0.05) is 4.44 Å². The molecule has 0 bridgehead atoms. The maximum atomic E-state index is 10.8. The summed E-state index contributed by atoms with van der Waals surface area (Å²) in [5.74, 6) is 0.557. The molecule has 0 heterocycles. The fraction of sp³-hybridized carbons (Fsp3) is 0.125. The van der Waals surface area contributed by atoms with Crippen molar-refractivity contribution in [3.63, 3.8) is 0 Å². The fourth-order valence-corrected chi connectivity index (χ4v) is 1.08. The van der Waals surface area contributed by atoms with Crippen molar-refractivity contribution < 1.29 is 18.9 Å². The average molecular weight is 237 g/mol. The van der Waals surface area contributed by atoms with Gasteiger partial charge in [-0.25, -0.2) is 0 Å². The van der Waals surface area contributed by atoms with E-state index in [1.807, 2.05) is 0 Å². The van der Waals surface area contributed by atoms with Gasteiger partial charge in [-0.2, -0.15) is 0 Å². The van der Waals surface area contributed by atoms with E-state index in [2.05, 4.69) is 9.33 Å². The van der Waals surface area contributed by atoms with Crippen LogP contribution in [0.25, 0.3) is 0 Å². The average Bonchev–Trinajstić information content (AvgIpc) is 2.18. The summed E-state index contributed by atoms with van der Waals surface area (Å²) in [4.78, 5) is 15.3. The molecule has 0 saturated carbocycles. The number of hydrogen-bond acceptors (Lipinski definition) is 4. The van der Waals surface area contributed by atoms with Crippen LogP contribution in [0.3, 0.4) is 0 Å². The topological polar surface area (TPSA) is 44.8 Å². The van der Waals surface area contributed by atoms with E-state index in [-0.39, 0.29) is 5.75 Å². The summed E-state index contributed by atoms with van der Waals surface area (Å²) in [6.45, 7) is 0. The lowest BCUT2D eigenvalue weighted by Gasteiger charge is -2.06. The summed E-state index contributed by atoms with van der Waals surface area (Å²) in [6, 6.07) is 4.33. The number of carbonyl (C=O) groups excluding carboxylic acids is 1. The molecule has 0 amide bonds. The summed E-state index contributed by atoms with van der Waals surface area (Å²) in [5, 5.41) is -0.582. The minimum Gasteiger partial charge on any atom is -0.493 e. The maximum Gasteiger partial charge on any atom is 0.252 e. The van der Waals surface area contributed by atoms with Gasteiger partial charge in [-0.15, -0.1) is 0 Å². The maximum absolute atomic E-state index is 10.8. The highest BCUT2D eigenvalue weighted by molar-refractivity contribution is 6.67. The molecule has 0 atom stereocenters. The highest BCUT2D eigenvalue weighted by atomic mass is 35.5. The van der Waals surface area contributed by atoms with Crippen molar-refractivity contribution in [2.24, 2.45) is 0 Å². The standard InChI is InChI=1S/C8H6Cl2O4/c1-12-7-4-5(8(9)11)2-3-6(7)13-14-10/h2-4H,1H3. The molecule has 14 heavy (non-hydrogen) atoms. The summed E-state index contributed by atoms with van der Waals surface area (Å²) in [7, 11) is 1.42. The van der Waals surface area contributed by atoms with Gasteiger partial charge in [0.05, 0.1) is 7.11 Å². The third-order valence-corrected chi connectivity index (χ3v) is 1.79. The SMILES string of the molecule is COc1cc(C(=O)Cl)ccc1OOCl. The quantitative estimate of drug-likeness (QED) is 0.458. The molecule has 0 radical (unpaired) electrons. The van der Waals surface area contributed by atoms with Crippen LogP contribution in [0, 0.1) is 0 Å². The summed E-state index contributed by atoms with van der Waals surface area (Å²) in [6.07, 6.45) is 0. The van der Waals surface area contributed by atoms with Crippen molar-refractivity contribution in [2.45, 2.75) is 0 Å². The van der Waals surface area contributed by atoms with Gasteiger partial charge in [0.25, 0.3) is 5.24 Å². The molecule has 0 fully saturated rings.